The van der Waals surface area contributed by atoms with Crippen molar-refractivity contribution < 1.29 is 22.7 Å². The van der Waals surface area contributed by atoms with Crippen molar-refractivity contribution in [3.05, 3.63) is 52.4 Å². The van der Waals surface area contributed by atoms with Gasteiger partial charge in [0.15, 0.2) is 5.65 Å². The van der Waals surface area contributed by atoms with Gasteiger partial charge in [0.05, 0.1) is 18.9 Å². The maximum atomic E-state index is 12.6. The van der Waals surface area contributed by atoms with E-state index in [0.29, 0.717) is 47.3 Å². The Labute approximate surface area is 215 Å². The summed E-state index contributed by atoms with van der Waals surface area (Å²) in [4.78, 5) is 33.3. The second kappa shape index (κ2) is 12.2. The number of anilines is 1. The molecule has 0 saturated heterocycles. The van der Waals surface area contributed by atoms with Crippen molar-refractivity contribution in [2.24, 2.45) is 0 Å². The largest absolute Gasteiger partial charge is 0.449 e. The van der Waals surface area contributed by atoms with Crippen LogP contribution in [0.3, 0.4) is 0 Å². The number of fused-ring (bicyclic) bond motifs is 1. The van der Waals surface area contributed by atoms with E-state index in [1.807, 2.05) is 13.8 Å². The molecule has 2 heterocycles. The third-order valence-electron chi connectivity index (χ3n) is 5.35. The van der Waals surface area contributed by atoms with Crippen molar-refractivity contribution in [2.45, 2.75) is 53.0 Å². The van der Waals surface area contributed by atoms with Crippen LogP contribution in [0.2, 0.25) is 5.02 Å². The number of aryl methyl sites for hydroxylation is 1. The molecule has 0 saturated carbocycles. The highest BCUT2D eigenvalue weighted by atomic mass is 35.5. The Kier molecular flexibility index (Phi) is 9.27. The van der Waals surface area contributed by atoms with Crippen LogP contribution in [0.4, 0.5) is 10.5 Å². The number of carbonyl (C=O) groups is 2. The molecule has 0 bridgehead atoms. The molecule has 0 aliphatic heterocycles. The summed E-state index contributed by atoms with van der Waals surface area (Å²) in [5.74, 6) is -0.267. The molecule has 0 aliphatic rings. The van der Waals surface area contributed by atoms with Crippen molar-refractivity contribution in [3.8, 4) is 0 Å². The molecule has 0 atom stereocenters. The Morgan fingerprint density at radius 3 is 2.56 bits per heavy atom. The number of nitrogens with zero attached hydrogens (tertiary/aromatic N) is 3. The summed E-state index contributed by atoms with van der Waals surface area (Å²) in [7, 11) is -3.75. The summed E-state index contributed by atoms with van der Waals surface area (Å²) in [6.07, 6.45) is 2.28. The molecule has 10 nitrogen and oxygen atoms in total. The summed E-state index contributed by atoms with van der Waals surface area (Å²) in [5, 5.41) is 3.04. The Bertz CT molecular complexity index is 1360. The first-order chi connectivity index (χ1) is 17.1. The molecule has 2 N–H and O–H groups in total. The van der Waals surface area contributed by atoms with Gasteiger partial charge in [0.25, 0.3) is 5.91 Å². The lowest BCUT2D eigenvalue weighted by Crippen LogP contribution is -2.33. The number of benzene rings is 1. The van der Waals surface area contributed by atoms with E-state index in [2.05, 4.69) is 20.0 Å². The number of imidazole rings is 1. The third kappa shape index (κ3) is 7.17. The maximum absolute atomic E-state index is 12.6. The number of rotatable bonds is 11. The highest BCUT2D eigenvalue weighted by molar-refractivity contribution is 7.90. The van der Waals surface area contributed by atoms with E-state index >= 15 is 0 Å². The zero-order chi connectivity index (χ0) is 26.3. The number of pyridine rings is 1. The monoisotopic (exact) mass is 535 g/mol. The normalized spacial score (nSPS) is 11.4. The first-order valence-electron chi connectivity index (χ1n) is 11.7. The number of ether oxygens (including phenoxy) is 1. The van der Waals surface area contributed by atoms with E-state index in [1.165, 1.54) is 6.07 Å². The molecule has 0 aliphatic carbocycles. The summed E-state index contributed by atoms with van der Waals surface area (Å²) in [6.45, 7) is 6.30. The molecular weight excluding hydrogens is 506 g/mol. The first kappa shape index (κ1) is 27.4. The van der Waals surface area contributed by atoms with Crippen LogP contribution >= 0.6 is 11.6 Å². The minimum Gasteiger partial charge on any atom is -0.449 e. The Hall–Kier alpha value is -3.18. The van der Waals surface area contributed by atoms with Crippen LogP contribution in [0.25, 0.3) is 11.2 Å². The van der Waals surface area contributed by atoms with Crippen LogP contribution in [0.15, 0.2) is 30.3 Å². The van der Waals surface area contributed by atoms with Gasteiger partial charge in [-0.05, 0) is 49.6 Å². The van der Waals surface area contributed by atoms with Crippen LogP contribution < -0.4 is 10.0 Å². The van der Waals surface area contributed by atoms with Crippen LogP contribution in [0.5, 0.6) is 0 Å². The SMILES string of the molecule is CCCCCS(=O)(=O)NC(=O)c1ccc2nc(C)n(Cc3ccc(NC(=O)OCCC)cc3Cl)c2n1. The number of halogens is 1. The summed E-state index contributed by atoms with van der Waals surface area (Å²) >= 11 is 6.47. The van der Waals surface area contributed by atoms with Crippen molar-refractivity contribution in [2.75, 3.05) is 17.7 Å². The van der Waals surface area contributed by atoms with Gasteiger partial charge >= 0.3 is 6.09 Å². The lowest BCUT2D eigenvalue weighted by atomic mass is 10.2. The average Bonchev–Trinajstić information content (AvgIpc) is 3.13. The number of sulfonamides is 1. The van der Waals surface area contributed by atoms with Crippen molar-refractivity contribution in [3.63, 3.8) is 0 Å². The lowest BCUT2D eigenvalue weighted by Gasteiger charge is -2.11. The maximum Gasteiger partial charge on any atom is 0.411 e. The number of unbranched alkanes of at least 4 members (excludes halogenated alkanes) is 2. The molecule has 0 unspecified atom stereocenters. The number of carbonyl (C=O) groups excluding carboxylic acids is 2. The molecular formula is C24H30ClN5O5S. The smallest absolute Gasteiger partial charge is 0.411 e. The molecule has 194 valence electrons. The van der Waals surface area contributed by atoms with Gasteiger partial charge in [-0.2, -0.15) is 0 Å². The van der Waals surface area contributed by atoms with Crippen LogP contribution in [-0.2, 0) is 21.3 Å². The molecule has 3 aromatic rings. The molecule has 3 rings (SSSR count). The van der Waals surface area contributed by atoms with E-state index < -0.39 is 22.0 Å². The molecule has 1 aromatic carbocycles. The van der Waals surface area contributed by atoms with Gasteiger partial charge in [0, 0.05) is 10.7 Å². The molecule has 2 aromatic heterocycles. The number of nitrogens with one attached hydrogen (secondary N) is 2. The number of hydrogen-bond donors (Lipinski definition) is 2. The Morgan fingerprint density at radius 2 is 1.86 bits per heavy atom. The van der Waals surface area contributed by atoms with E-state index in [9.17, 15) is 18.0 Å². The van der Waals surface area contributed by atoms with Crippen LogP contribution in [0, 0.1) is 6.92 Å². The van der Waals surface area contributed by atoms with E-state index in [-0.39, 0.29) is 11.4 Å². The van der Waals surface area contributed by atoms with E-state index in [1.54, 1.807) is 35.8 Å². The molecule has 0 radical (unpaired) electrons. The number of hydrogen-bond acceptors (Lipinski definition) is 7. The fraction of sp³-hybridized carbons (Fsp3) is 0.417. The van der Waals surface area contributed by atoms with E-state index in [0.717, 1.165) is 24.8 Å². The predicted octanol–water partition coefficient (Wildman–Crippen LogP) is 4.65. The summed E-state index contributed by atoms with van der Waals surface area (Å²) < 4.78 is 33.3. The number of amides is 2. The fourth-order valence-electron chi connectivity index (χ4n) is 3.49. The highest BCUT2D eigenvalue weighted by Crippen LogP contribution is 2.24. The highest BCUT2D eigenvalue weighted by Gasteiger charge is 2.19. The minimum absolute atomic E-state index is 0.0287. The van der Waals surface area contributed by atoms with Crippen LogP contribution in [0.1, 0.15) is 61.4 Å². The van der Waals surface area contributed by atoms with Crippen molar-refractivity contribution >= 4 is 50.5 Å². The van der Waals surface area contributed by atoms with Gasteiger partial charge in [-0.3, -0.25) is 10.1 Å². The molecule has 12 heteroatoms. The predicted molar refractivity (Wildman–Crippen MR) is 139 cm³/mol. The number of aromatic nitrogens is 3. The molecule has 0 spiro atoms. The second-order valence-corrected chi connectivity index (χ2v) is 10.6. The zero-order valence-electron chi connectivity index (χ0n) is 20.5. The second-order valence-electron chi connectivity index (χ2n) is 8.31. The Balaban J connectivity index is 1.80. The quantitative estimate of drug-likeness (QED) is 0.341. The standard InChI is InChI=1S/C24H30ClN5O5S/c1-4-6-7-13-36(33,34)29-23(31)21-11-10-20-22(28-21)30(16(3)26-20)15-17-8-9-18(14-19(17)25)27-24(32)35-12-5-2/h8-11,14H,4-7,12-13,15H2,1-3H3,(H,27,32)(H,29,31). The van der Waals surface area contributed by atoms with Crippen molar-refractivity contribution in [1.82, 2.24) is 19.3 Å². The molecule has 0 fully saturated rings. The zero-order valence-corrected chi connectivity index (χ0v) is 22.1. The first-order valence-corrected chi connectivity index (χ1v) is 13.8. The topological polar surface area (TPSA) is 132 Å². The van der Waals surface area contributed by atoms with Gasteiger partial charge in [0.1, 0.15) is 17.0 Å². The average molecular weight is 536 g/mol. The van der Waals surface area contributed by atoms with Gasteiger partial charge in [0.2, 0.25) is 10.0 Å². The van der Waals surface area contributed by atoms with Crippen LogP contribution in [-0.4, -0.2) is 47.3 Å². The van der Waals surface area contributed by atoms with Gasteiger partial charge in [-0.25, -0.2) is 27.9 Å². The van der Waals surface area contributed by atoms with Gasteiger partial charge < -0.3 is 9.30 Å². The summed E-state index contributed by atoms with van der Waals surface area (Å²) in [6, 6.07) is 8.16. The minimum atomic E-state index is -3.75. The van der Waals surface area contributed by atoms with Crippen molar-refractivity contribution in [1.29, 1.82) is 0 Å². The molecule has 36 heavy (non-hydrogen) atoms. The summed E-state index contributed by atoms with van der Waals surface area (Å²) in [5.41, 5.74) is 2.18. The fourth-order valence-corrected chi connectivity index (χ4v) is 4.80. The third-order valence-corrected chi connectivity index (χ3v) is 7.02. The molecule has 2 amide bonds. The van der Waals surface area contributed by atoms with Gasteiger partial charge in [-0.1, -0.05) is 44.4 Å². The van der Waals surface area contributed by atoms with Gasteiger partial charge in [-0.15, -0.1) is 0 Å². The Morgan fingerprint density at radius 1 is 1.08 bits per heavy atom. The van der Waals surface area contributed by atoms with E-state index in [4.69, 9.17) is 16.3 Å². The lowest BCUT2D eigenvalue weighted by molar-refractivity contribution is 0.0976.